The van der Waals surface area contributed by atoms with Gasteiger partial charge in [0.2, 0.25) is 0 Å². The average Bonchev–Trinajstić information content (AvgIpc) is 2.94. The summed E-state index contributed by atoms with van der Waals surface area (Å²) in [6.07, 6.45) is 1.45. The van der Waals surface area contributed by atoms with E-state index in [1.165, 1.54) is 25.3 Å². The highest BCUT2D eigenvalue weighted by Crippen LogP contribution is 2.27. The molecule has 2 aromatic carbocycles. The molecular formula is C20H16BrFN2O5. The fourth-order valence-corrected chi connectivity index (χ4v) is 2.99. The number of imide groups is 1. The number of hydrogen-bond acceptors (Lipinski definition) is 5. The summed E-state index contributed by atoms with van der Waals surface area (Å²) >= 11 is 3.35. The third-order valence-electron chi connectivity index (χ3n) is 4.03. The predicted molar refractivity (Wildman–Crippen MR) is 105 cm³/mol. The molecule has 7 nitrogen and oxygen atoms in total. The normalized spacial score (nSPS) is 14.9. The average molecular weight is 463 g/mol. The fourth-order valence-electron chi connectivity index (χ4n) is 2.62. The minimum absolute atomic E-state index is 0.00684. The van der Waals surface area contributed by atoms with Gasteiger partial charge in [-0.2, -0.15) is 0 Å². The highest BCUT2D eigenvalue weighted by molar-refractivity contribution is 9.10. The number of nitrogens with zero attached hydrogens (tertiary/aromatic N) is 1. The maximum atomic E-state index is 13.3. The summed E-state index contributed by atoms with van der Waals surface area (Å²) in [6, 6.07) is 10.4. The smallest absolute Gasteiger partial charge is 0.329 e. The number of methoxy groups -OCH3 is 1. The van der Waals surface area contributed by atoms with Crippen LogP contribution in [0.1, 0.15) is 11.1 Å². The number of rotatable bonds is 6. The van der Waals surface area contributed by atoms with E-state index < -0.39 is 24.5 Å². The molecule has 0 spiro atoms. The van der Waals surface area contributed by atoms with Gasteiger partial charge in [0, 0.05) is 10.0 Å². The number of benzene rings is 2. The maximum absolute atomic E-state index is 13.3. The molecule has 0 aliphatic carbocycles. The quantitative estimate of drug-likeness (QED) is 0.404. The summed E-state index contributed by atoms with van der Waals surface area (Å²) in [4.78, 5) is 36.6. The standard InChI is InChI=1S/C20H16BrFN2O5/c1-28-18(25)10-24-19(26)16(23-20(24)27)9-13-8-14(21)5-6-17(13)29-11-12-3-2-4-15(22)7-12/h2-9H,10-11H2,1H3,(H,23,27)/b16-9+. The lowest BCUT2D eigenvalue weighted by molar-refractivity contribution is -0.143. The molecule has 9 heteroatoms. The molecule has 0 unspecified atom stereocenters. The first-order valence-corrected chi connectivity index (χ1v) is 9.25. The minimum Gasteiger partial charge on any atom is -0.488 e. The SMILES string of the molecule is COC(=O)CN1C(=O)N/C(=C/c2cc(Br)ccc2OCc2cccc(F)c2)C1=O. The van der Waals surface area contributed by atoms with Crippen molar-refractivity contribution in [1.29, 1.82) is 0 Å². The van der Waals surface area contributed by atoms with Crippen molar-refractivity contribution in [3.8, 4) is 5.75 Å². The molecule has 1 heterocycles. The van der Waals surface area contributed by atoms with Crippen LogP contribution in [0.15, 0.2) is 52.6 Å². The highest BCUT2D eigenvalue weighted by atomic mass is 79.9. The van der Waals surface area contributed by atoms with Gasteiger partial charge in [-0.05, 0) is 42.0 Å². The second-order valence-corrected chi connectivity index (χ2v) is 6.97. The molecule has 0 bridgehead atoms. The Morgan fingerprint density at radius 2 is 2.03 bits per heavy atom. The number of carbonyl (C=O) groups excluding carboxylic acids is 3. The maximum Gasteiger partial charge on any atom is 0.329 e. The van der Waals surface area contributed by atoms with Gasteiger partial charge in [-0.25, -0.2) is 14.1 Å². The number of esters is 1. The van der Waals surface area contributed by atoms with Crippen LogP contribution in [0.25, 0.3) is 6.08 Å². The van der Waals surface area contributed by atoms with E-state index in [9.17, 15) is 18.8 Å². The molecule has 2 aromatic rings. The Bertz CT molecular complexity index is 1010. The van der Waals surface area contributed by atoms with Gasteiger partial charge in [-0.1, -0.05) is 28.1 Å². The van der Waals surface area contributed by atoms with Crippen LogP contribution in [0.2, 0.25) is 0 Å². The largest absolute Gasteiger partial charge is 0.488 e. The third-order valence-corrected chi connectivity index (χ3v) is 4.53. The van der Waals surface area contributed by atoms with E-state index in [0.717, 1.165) is 9.37 Å². The Morgan fingerprint density at radius 3 is 2.76 bits per heavy atom. The van der Waals surface area contributed by atoms with Crippen molar-refractivity contribution in [2.45, 2.75) is 6.61 Å². The monoisotopic (exact) mass is 462 g/mol. The van der Waals surface area contributed by atoms with Crippen LogP contribution in [0.3, 0.4) is 0 Å². The van der Waals surface area contributed by atoms with Crippen LogP contribution in [0, 0.1) is 5.82 Å². The molecule has 29 heavy (non-hydrogen) atoms. The summed E-state index contributed by atoms with van der Waals surface area (Å²) in [5.74, 6) is -1.31. The Kier molecular flexibility index (Phi) is 6.28. The third kappa shape index (κ3) is 5.00. The van der Waals surface area contributed by atoms with E-state index in [0.29, 0.717) is 16.9 Å². The van der Waals surface area contributed by atoms with E-state index in [-0.39, 0.29) is 18.1 Å². The van der Waals surface area contributed by atoms with E-state index >= 15 is 0 Å². The summed E-state index contributed by atoms with van der Waals surface area (Å²) in [7, 11) is 1.17. The summed E-state index contributed by atoms with van der Waals surface area (Å²) in [5, 5.41) is 2.43. The summed E-state index contributed by atoms with van der Waals surface area (Å²) in [6.45, 7) is -0.371. The van der Waals surface area contributed by atoms with Gasteiger partial charge in [0.1, 0.15) is 30.4 Å². The molecule has 150 valence electrons. The topological polar surface area (TPSA) is 84.9 Å². The molecular weight excluding hydrogens is 447 g/mol. The number of nitrogens with one attached hydrogen (secondary N) is 1. The van der Waals surface area contributed by atoms with Gasteiger partial charge in [0.25, 0.3) is 5.91 Å². The Labute approximate surface area is 174 Å². The number of carbonyl (C=O) groups is 3. The fraction of sp³-hybridized carbons (Fsp3) is 0.150. The molecule has 1 fully saturated rings. The van der Waals surface area contributed by atoms with Gasteiger partial charge in [-0.15, -0.1) is 0 Å². The lowest BCUT2D eigenvalue weighted by Crippen LogP contribution is -2.36. The molecule has 3 amide bonds. The number of hydrogen-bond donors (Lipinski definition) is 1. The van der Waals surface area contributed by atoms with E-state index in [1.807, 2.05) is 0 Å². The Balaban J connectivity index is 1.83. The van der Waals surface area contributed by atoms with Crippen molar-refractivity contribution in [2.75, 3.05) is 13.7 Å². The lowest BCUT2D eigenvalue weighted by atomic mass is 10.1. The molecule has 0 aromatic heterocycles. The van der Waals surface area contributed by atoms with Gasteiger partial charge in [0.05, 0.1) is 7.11 Å². The Hall–Kier alpha value is -3.20. The minimum atomic E-state index is -0.719. The molecule has 1 saturated heterocycles. The van der Waals surface area contributed by atoms with Crippen molar-refractivity contribution in [2.24, 2.45) is 0 Å². The zero-order valence-corrected chi connectivity index (χ0v) is 16.9. The van der Waals surface area contributed by atoms with Crippen LogP contribution in [-0.4, -0.2) is 36.5 Å². The van der Waals surface area contributed by atoms with E-state index in [4.69, 9.17) is 4.74 Å². The Morgan fingerprint density at radius 1 is 1.24 bits per heavy atom. The molecule has 1 N–H and O–H groups in total. The molecule has 0 atom stereocenters. The summed E-state index contributed by atoms with van der Waals surface area (Å²) < 4.78 is 24.3. The zero-order valence-electron chi connectivity index (χ0n) is 15.3. The zero-order chi connectivity index (χ0) is 21.0. The van der Waals surface area contributed by atoms with Crippen molar-refractivity contribution in [3.05, 3.63) is 69.6 Å². The molecule has 3 rings (SSSR count). The van der Waals surface area contributed by atoms with Crippen molar-refractivity contribution >= 4 is 39.9 Å². The first-order valence-electron chi connectivity index (χ1n) is 8.45. The number of amides is 3. The van der Waals surface area contributed by atoms with E-state index in [1.54, 1.807) is 30.3 Å². The first kappa shape index (κ1) is 20.5. The molecule has 1 aliphatic rings. The van der Waals surface area contributed by atoms with Crippen LogP contribution in [-0.2, 0) is 20.9 Å². The van der Waals surface area contributed by atoms with Crippen molar-refractivity contribution in [3.63, 3.8) is 0 Å². The van der Waals surface area contributed by atoms with Crippen LogP contribution < -0.4 is 10.1 Å². The predicted octanol–water partition coefficient (Wildman–Crippen LogP) is 3.23. The number of ether oxygens (including phenoxy) is 2. The molecule has 0 radical (unpaired) electrons. The van der Waals surface area contributed by atoms with Crippen LogP contribution >= 0.6 is 15.9 Å². The van der Waals surface area contributed by atoms with Gasteiger partial charge < -0.3 is 14.8 Å². The first-order chi connectivity index (χ1) is 13.9. The van der Waals surface area contributed by atoms with Gasteiger partial charge >= 0.3 is 12.0 Å². The lowest BCUT2D eigenvalue weighted by Gasteiger charge is -2.11. The van der Waals surface area contributed by atoms with Crippen LogP contribution in [0.4, 0.5) is 9.18 Å². The molecule has 1 aliphatic heterocycles. The molecule has 0 saturated carbocycles. The van der Waals surface area contributed by atoms with Crippen LogP contribution in [0.5, 0.6) is 5.75 Å². The van der Waals surface area contributed by atoms with E-state index in [2.05, 4.69) is 26.0 Å². The highest BCUT2D eigenvalue weighted by Gasteiger charge is 2.35. The van der Waals surface area contributed by atoms with Crippen molar-refractivity contribution in [1.82, 2.24) is 10.2 Å². The number of urea groups is 1. The van der Waals surface area contributed by atoms with Crippen molar-refractivity contribution < 1.29 is 28.2 Å². The second-order valence-electron chi connectivity index (χ2n) is 6.06. The second kappa shape index (κ2) is 8.87. The van der Waals surface area contributed by atoms with Gasteiger partial charge in [0.15, 0.2) is 0 Å². The summed E-state index contributed by atoms with van der Waals surface area (Å²) in [5.41, 5.74) is 1.15. The van der Waals surface area contributed by atoms with Gasteiger partial charge in [-0.3, -0.25) is 9.59 Å². The number of halogens is 2.